The van der Waals surface area contributed by atoms with E-state index < -0.39 is 0 Å². The third-order valence-electron chi connectivity index (χ3n) is 2.72. The predicted molar refractivity (Wildman–Crippen MR) is 77.8 cm³/mol. The highest BCUT2D eigenvalue weighted by molar-refractivity contribution is 9.10. The van der Waals surface area contributed by atoms with Gasteiger partial charge in [-0.25, -0.2) is 0 Å². The predicted octanol–water partition coefficient (Wildman–Crippen LogP) is 3.61. The van der Waals surface area contributed by atoms with Crippen molar-refractivity contribution in [2.24, 2.45) is 0 Å². The maximum absolute atomic E-state index is 9.12. The van der Waals surface area contributed by atoms with Crippen molar-refractivity contribution >= 4 is 15.9 Å². The molecule has 0 aliphatic carbocycles. The summed E-state index contributed by atoms with van der Waals surface area (Å²) in [4.78, 5) is 0. The van der Waals surface area contributed by atoms with E-state index in [1.807, 2.05) is 6.07 Å². The van der Waals surface area contributed by atoms with Gasteiger partial charge in [-0.2, -0.15) is 5.26 Å². The summed E-state index contributed by atoms with van der Waals surface area (Å²) in [5.41, 5.74) is 1.29. The van der Waals surface area contributed by atoms with Crippen LogP contribution in [0.4, 0.5) is 0 Å². The van der Waals surface area contributed by atoms with Crippen LogP contribution in [-0.4, -0.2) is 12.2 Å². The number of rotatable bonds is 4. The van der Waals surface area contributed by atoms with Gasteiger partial charge < -0.3 is 14.6 Å². The van der Waals surface area contributed by atoms with Gasteiger partial charge in [0.1, 0.15) is 5.75 Å². The zero-order chi connectivity index (χ0) is 14.5. The molecular formula is C15H12BrNO3. The molecule has 0 heterocycles. The van der Waals surface area contributed by atoms with Gasteiger partial charge in [-0.05, 0) is 29.8 Å². The van der Waals surface area contributed by atoms with E-state index in [0.717, 1.165) is 10.0 Å². The van der Waals surface area contributed by atoms with Crippen molar-refractivity contribution in [1.82, 2.24) is 0 Å². The first kappa shape index (κ1) is 14.4. The number of aliphatic hydroxyl groups is 1. The maximum Gasteiger partial charge on any atom is 0.169 e. The molecular weight excluding hydrogens is 322 g/mol. The van der Waals surface area contributed by atoms with Gasteiger partial charge >= 0.3 is 0 Å². The molecule has 0 aliphatic rings. The van der Waals surface area contributed by atoms with Crippen LogP contribution in [0.5, 0.6) is 17.2 Å². The van der Waals surface area contributed by atoms with Gasteiger partial charge in [-0.15, -0.1) is 0 Å². The summed E-state index contributed by atoms with van der Waals surface area (Å²) in [5.74, 6) is 1.62. The Bertz CT molecular complexity index is 665. The van der Waals surface area contributed by atoms with Crippen molar-refractivity contribution in [2.75, 3.05) is 7.11 Å². The third-order valence-corrected chi connectivity index (χ3v) is 3.45. The van der Waals surface area contributed by atoms with Crippen molar-refractivity contribution in [3.05, 3.63) is 52.0 Å². The van der Waals surface area contributed by atoms with Crippen LogP contribution in [0.15, 0.2) is 40.9 Å². The number of benzene rings is 2. The molecule has 0 spiro atoms. The smallest absolute Gasteiger partial charge is 0.169 e. The molecule has 0 atom stereocenters. The van der Waals surface area contributed by atoms with Crippen molar-refractivity contribution in [3.63, 3.8) is 0 Å². The molecule has 1 N–H and O–H groups in total. The average Bonchev–Trinajstić information content (AvgIpc) is 2.48. The summed E-state index contributed by atoms with van der Waals surface area (Å²) in [6, 6.07) is 12.3. The number of nitriles is 1. The molecule has 2 aromatic rings. The van der Waals surface area contributed by atoms with Crippen LogP contribution < -0.4 is 9.47 Å². The Morgan fingerprint density at radius 3 is 2.60 bits per heavy atom. The molecule has 0 aromatic heterocycles. The molecule has 0 unspecified atom stereocenters. The quantitative estimate of drug-likeness (QED) is 0.928. The Morgan fingerprint density at radius 1 is 1.20 bits per heavy atom. The number of hydrogen-bond donors (Lipinski definition) is 1. The topological polar surface area (TPSA) is 62.5 Å². The largest absolute Gasteiger partial charge is 0.493 e. The van der Waals surface area contributed by atoms with Crippen LogP contribution in [0.25, 0.3) is 0 Å². The minimum Gasteiger partial charge on any atom is -0.493 e. The standard InChI is InChI=1S/C15H12BrNO3/c1-19-15-6-10(8-17)2-5-14(15)20-12-4-3-11(9-18)13(16)7-12/h2-7,18H,9H2,1H3. The molecule has 0 saturated heterocycles. The van der Waals surface area contributed by atoms with Crippen LogP contribution in [0, 0.1) is 11.3 Å². The zero-order valence-corrected chi connectivity index (χ0v) is 12.3. The van der Waals surface area contributed by atoms with E-state index in [-0.39, 0.29) is 6.61 Å². The summed E-state index contributed by atoms with van der Waals surface area (Å²) in [6.07, 6.45) is 0. The normalized spacial score (nSPS) is 9.90. The fraction of sp³-hybridized carbons (Fsp3) is 0.133. The Morgan fingerprint density at radius 2 is 2.00 bits per heavy atom. The molecule has 0 bridgehead atoms. The van der Waals surface area contributed by atoms with Gasteiger partial charge in [0.2, 0.25) is 0 Å². The molecule has 102 valence electrons. The van der Waals surface area contributed by atoms with Gasteiger partial charge in [0, 0.05) is 10.5 Å². The second-order valence-corrected chi connectivity index (χ2v) is 4.85. The van der Waals surface area contributed by atoms with Crippen molar-refractivity contribution in [1.29, 1.82) is 5.26 Å². The van der Waals surface area contributed by atoms with Crippen molar-refractivity contribution in [3.8, 4) is 23.3 Å². The van der Waals surface area contributed by atoms with Gasteiger partial charge in [0.25, 0.3) is 0 Å². The lowest BCUT2D eigenvalue weighted by Crippen LogP contribution is -1.92. The van der Waals surface area contributed by atoms with E-state index in [1.165, 1.54) is 7.11 Å². The number of nitrogens with zero attached hydrogens (tertiary/aromatic N) is 1. The first-order valence-corrected chi connectivity index (χ1v) is 6.62. The Labute approximate surface area is 125 Å². The van der Waals surface area contributed by atoms with E-state index in [2.05, 4.69) is 15.9 Å². The summed E-state index contributed by atoms with van der Waals surface area (Å²) >= 11 is 3.36. The van der Waals surface area contributed by atoms with E-state index in [0.29, 0.717) is 22.8 Å². The molecule has 2 aromatic carbocycles. The molecule has 0 radical (unpaired) electrons. The fourth-order valence-electron chi connectivity index (χ4n) is 1.67. The lowest BCUT2D eigenvalue weighted by atomic mass is 10.2. The molecule has 20 heavy (non-hydrogen) atoms. The van der Waals surface area contributed by atoms with Gasteiger partial charge in [0.05, 0.1) is 25.3 Å². The minimum absolute atomic E-state index is 0.0406. The van der Waals surface area contributed by atoms with E-state index in [4.69, 9.17) is 19.8 Å². The summed E-state index contributed by atoms with van der Waals surface area (Å²) in [7, 11) is 1.52. The Balaban J connectivity index is 2.30. The van der Waals surface area contributed by atoms with Crippen LogP contribution in [-0.2, 0) is 6.61 Å². The number of aliphatic hydroxyl groups excluding tert-OH is 1. The number of halogens is 1. The van der Waals surface area contributed by atoms with Crippen molar-refractivity contribution in [2.45, 2.75) is 6.61 Å². The zero-order valence-electron chi connectivity index (χ0n) is 10.8. The fourth-order valence-corrected chi connectivity index (χ4v) is 2.15. The molecule has 4 nitrogen and oxygen atoms in total. The van der Waals surface area contributed by atoms with Gasteiger partial charge in [-0.1, -0.05) is 22.0 Å². The number of hydrogen-bond acceptors (Lipinski definition) is 4. The highest BCUT2D eigenvalue weighted by atomic mass is 79.9. The van der Waals surface area contributed by atoms with Crippen LogP contribution >= 0.6 is 15.9 Å². The van der Waals surface area contributed by atoms with Gasteiger partial charge in [-0.3, -0.25) is 0 Å². The summed E-state index contributed by atoms with van der Waals surface area (Å²) in [5, 5.41) is 18.0. The second kappa shape index (κ2) is 6.42. The Hall–Kier alpha value is -2.03. The third kappa shape index (κ3) is 3.10. The molecule has 0 saturated carbocycles. The van der Waals surface area contributed by atoms with E-state index in [1.54, 1.807) is 36.4 Å². The van der Waals surface area contributed by atoms with Crippen LogP contribution in [0.1, 0.15) is 11.1 Å². The first-order valence-electron chi connectivity index (χ1n) is 5.83. The van der Waals surface area contributed by atoms with Crippen LogP contribution in [0.3, 0.4) is 0 Å². The monoisotopic (exact) mass is 333 g/mol. The van der Waals surface area contributed by atoms with Gasteiger partial charge in [0.15, 0.2) is 11.5 Å². The highest BCUT2D eigenvalue weighted by Crippen LogP contribution is 2.33. The molecule has 5 heteroatoms. The number of ether oxygens (including phenoxy) is 2. The molecule has 2 rings (SSSR count). The van der Waals surface area contributed by atoms with E-state index >= 15 is 0 Å². The summed E-state index contributed by atoms with van der Waals surface area (Å²) < 4.78 is 11.7. The van der Waals surface area contributed by atoms with Crippen LogP contribution in [0.2, 0.25) is 0 Å². The SMILES string of the molecule is COc1cc(C#N)ccc1Oc1ccc(CO)c(Br)c1. The Kier molecular flexibility index (Phi) is 4.61. The lowest BCUT2D eigenvalue weighted by Gasteiger charge is -2.11. The van der Waals surface area contributed by atoms with E-state index in [9.17, 15) is 0 Å². The number of methoxy groups -OCH3 is 1. The highest BCUT2D eigenvalue weighted by Gasteiger charge is 2.08. The van der Waals surface area contributed by atoms with Crippen molar-refractivity contribution < 1.29 is 14.6 Å². The minimum atomic E-state index is -0.0406. The molecule has 0 aliphatic heterocycles. The summed E-state index contributed by atoms with van der Waals surface area (Å²) in [6.45, 7) is -0.0406. The molecule has 0 amide bonds. The lowest BCUT2D eigenvalue weighted by molar-refractivity contribution is 0.281. The second-order valence-electron chi connectivity index (χ2n) is 3.99. The first-order chi connectivity index (χ1) is 9.67. The maximum atomic E-state index is 9.12. The average molecular weight is 334 g/mol. The molecule has 0 fully saturated rings.